The first-order valence-electron chi connectivity index (χ1n) is 5.55. The Morgan fingerprint density at radius 1 is 1.50 bits per heavy atom. The number of para-hydroxylation sites is 1. The van der Waals surface area contributed by atoms with E-state index < -0.39 is 0 Å². The minimum Gasteiger partial charge on any atom is -0.384 e. The van der Waals surface area contributed by atoms with Gasteiger partial charge in [0.05, 0.1) is 6.42 Å². The lowest BCUT2D eigenvalue weighted by molar-refractivity contribution is -0.118. The van der Waals surface area contributed by atoms with Gasteiger partial charge in [-0.25, -0.2) is 0 Å². The number of ketones is 1. The normalized spacial score (nSPS) is 16.9. The molecule has 0 saturated carbocycles. The van der Waals surface area contributed by atoms with E-state index in [-0.39, 0.29) is 5.78 Å². The van der Waals surface area contributed by atoms with Crippen LogP contribution in [0.15, 0.2) is 24.3 Å². The highest BCUT2D eigenvalue weighted by atomic mass is 16.1. The molecule has 1 aliphatic heterocycles. The highest BCUT2D eigenvalue weighted by molar-refractivity contribution is 5.82. The molecule has 82 valence electrons. The Balaban J connectivity index is 2.02. The number of rotatable bonds is 3. The van der Waals surface area contributed by atoms with Gasteiger partial charge >= 0.3 is 0 Å². The maximum atomic E-state index is 11.6. The molecule has 0 radical (unpaired) electrons. The van der Waals surface area contributed by atoms with Crippen molar-refractivity contribution >= 4 is 11.5 Å². The summed E-state index contributed by atoms with van der Waals surface area (Å²) in [7, 11) is 0. The average molecular weight is 213 g/mol. The van der Waals surface area contributed by atoms with Gasteiger partial charge in [0.15, 0.2) is 0 Å². The molecule has 0 saturated heterocycles. The van der Waals surface area contributed by atoms with E-state index in [1.807, 2.05) is 12.1 Å². The summed E-state index contributed by atoms with van der Waals surface area (Å²) in [6.45, 7) is 2.63. The zero-order valence-corrected chi connectivity index (χ0v) is 9.42. The topological polar surface area (TPSA) is 29.1 Å². The van der Waals surface area contributed by atoms with Gasteiger partial charge in [-0.3, -0.25) is 4.79 Å². The number of nitrogens with one attached hydrogen (secondary N) is 1. The fourth-order valence-corrected chi connectivity index (χ4v) is 2.07. The van der Waals surface area contributed by atoms with Gasteiger partial charge < -0.3 is 5.32 Å². The van der Waals surface area contributed by atoms with Crippen molar-refractivity contribution in [3.8, 4) is 11.8 Å². The number of hydrogen-bond acceptors (Lipinski definition) is 2. The van der Waals surface area contributed by atoms with Crippen molar-refractivity contribution in [3.05, 3.63) is 29.8 Å². The van der Waals surface area contributed by atoms with E-state index in [1.54, 1.807) is 6.92 Å². The Morgan fingerprint density at radius 3 is 3.12 bits per heavy atom. The van der Waals surface area contributed by atoms with E-state index in [1.165, 1.54) is 11.3 Å². The molecule has 0 aliphatic carbocycles. The lowest BCUT2D eigenvalue weighted by Crippen LogP contribution is -2.08. The van der Waals surface area contributed by atoms with Crippen molar-refractivity contribution in [2.45, 2.75) is 25.7 Å². The van der Waals surface area contributed by atoms with Crippen LogP contribution < -0.4 is 5.32 Å². The molecule has 0 bridgehead atoms. The Kier molecular flexibility index (Phi) is 3.26. The van der Waals surface area contributed by atoms with Crippen LogP contribution in [0.4, 0.5) is 5.69 Å². The van der Waals surface area contributed by atoms with Crippen LogP contribution >= 0.6 is 0 Å². The monoisotopic (exact) mass is 213 g/mol. The molecule has 1 N–H and O–H groups in total. The van der Waals surface area contributed by atoms with Crippen LogP contribution in [0.2, 0.25) is 0 Å². The molecule has 2 rings (SSSR count). The summed E-state index contributed by atoms with van der Waals surface area (Å²) in [5.41, 5.74) is 2.43. The van der Waals surface area contributed by atoms with Crippen molar-refractivity contribution in [1.29, 1.82) is 0 Å². The van der Waals surface area contributed by atoms with Crippen LogP contribution in [0.25, 0.3) is 0 Å². The Morgan fingerprint density at radius 2 is 2.31 bits per heavy atom. The van der Waals surface area contributed by atoms with Crippen molar-refractivity contribution < 1.29 is 4.79 Å². The molecule has 1 unspecified atom stereocenters. The third-order valence-corrected chi connectivity index (χ3v) is 2.88. The van der Waals surface area contributed by atoms with Crippen LogP contribution in [0.5, 0.6) is 0 Å². The second-order valence-corrected chi connectivity index (χ2v) is 4.01. The van der Waals surface area contributed by atoms with Crippen molar-refractivity contribution in [2.75, 3.05) is 11.9 Å². The molecule has 1 heterocycles. The fraction of sp³-hybridized carbons (Fsp3) is 0.357. The molecular weight excluding hydrogens is 198 g/mol. The molecule has 1 aliphatic rings. The van der Waals surface area contributed by atoms with Crippen LogP contribution in [-0.2, 0) is 4.79 Å². The summed E-state index contributed by atoms with van der Waals surface area (Å²) in [4.78, 5) is 11.6. The Labute approximate surface area is 96.1 Å². The first-order valence-corrected chi connectivity index (χ1v) is 5.55. The predicted octanol–water partition coefficient (Wildman–Crippen LogP) is 2.57. The second kappa shape index (κ2) is 4.85. The summed E-state index contributed by atoms with van der Waals surface area (Å²) in [6, 6.07) is 8.19. The summed E-state index contributed by atoms with van der Waals surface area (Å²) in [6.07, 6.45) is 0.980. The first-order chi connectivity index (χ1) is 7.81. The smallest absolute Gasteiger partial charge is 0.145 e. The minimum absolute atomic E-state index is 0.234. The van der Waals surface area contributed by atoms with E-state index in [0.717, 1.165) is 6.54 Å². The number of carbonyl (C=O) groups excluding carboxylic acids is 1. The largest absolute Gasteiger partial charge is 0.384 e. The number of Topliss-reactive ketones (excluding diaryl/α,β-unsaturated/α-hetero) is 1. The van der Waals surface area contributed by atoms with Gasteiger partial charge in [-0.05, 0) is 18.6 Å². The molecule has 1 aromatic rings. The van der Waals surface area contributed by atoms with E-state index >= 15 is 0 Å². The molecule has 2 nitrogen and oxygen atoms in total. The number of fused-ring (bicyclic) bond motifs is 1. The number of carbonyl (C=O) groups is 1. The number of anilines is 1. The molecule has 0 amide bonds. The number of hydrogen-bond donors (Lipinski definition) is 1. The summed E-state index contributed by atoms with van der Waals surface area (Å²) >= 11 is 0. The summed E-state index contributed by atoms with van der Waals surface area (Å²) in [5, 5.41) is 3.32. The molecule has 0 spiro atoms. The predicted molar refractivity (Wildman–Crippen MR) is 65.4 cm³/mol. The standard InChI is InChI=1S/C14H15NO/c1-2-3-6-12(16)9-11-10-15-14-8-5-4-7-13(11)14/h4-5,7-8,11,15H,6,9-10H2,1H3. The summed E-state index contributed by atoms with van der Waals surface area (Å²) < 4.78 is 0. The second-order valence-electron chi connectivity index (χ2n) is 4.01. The van der Waals surface area contributed by atoms with Crippen molar-refractivity contribution in [3.63, 3.8) is 0 Å². The quantitative estimate of drug-likeness (QED) is 0.782. The van der Waals surface area contributed by atoms with Gasteiger partial charge in [0.25, 0.3) is 0 Å². The molecule has 1 atom stereocenters. The zero-order valence-electron chi connectivity index (χ0n) is 9.42. The van der Waals surface area contributed by atoms with Gasteiger partial charge in [0.2, 0.25) is 0 Å². The Hall–Kier alpha value is -1.75. The lowest BCUT2D eigenvalue weighted by atomic mass is 9.95. The molecular formula is C14H15NO. The Bertz CT molecular complexity index is 453. The van der Waals surface area contributed by atoms with E-state index in [9.17, 15) is 4.79 Å². The lowest BCUT2D eigenvalue weighted by Gasteiger charge is -2.07. The van der Waals surface area contributed by atoms with Gasteiger partial charge in [0.1, 0.15) is 5.78 Å². The van der Waals surface area contributed by atoms with Crippen LogP contribution in [-0.4, -0.2) is 12.3 Å². The number of benzene rings is 1. The van der Waals surface area contributed by atoms with Crippen molar-refractivity contribution in [1.82, 2.24) is 0 Å². The van der Waals surface area contributed by atoms with Crippen molar-refractivity contribution in [2.24, 2.45) is 0 Å². The zero-order chi connectivity index (χ0) is 11.4. The molecule has 16 heavy (non-hydrogen) atoms. The van der Waals surface area contributed by atoms with Gasteiger partial charge in [-0.1, -0.05) is 24.1 Å². The fourth-order valence-electron chi connectivity index (χ4n) is 2.07. The third kappa shape index (κ3) is 2.25. The van der Waals surface area contributed by atoms with Gasteiger partial charge in [-0.2, -0.15) is 0 Å². The maximum Gasteiger partial charge on any atom is 0.145 e. The molecule has 0 aromatic heterocycles. The van der Waals surface area contributed by atoms with Crippen LogP contribution in [0.1, 0.15) is 31.2 Å². The minimum atomic E-state index is 0.234. The van der Waals surface area contributed by atoms with Gasteiger partial charge in [-0.15, -0.1) is 5.92 Å². The highest BCUT2D eigenvalue weighted by Crippen LogP contribution is 2.33. The van der Waals surface area contributed by atoms with E-state index in [2.05, 4.69) is 29.3 Å². The average Bonchev–Trinajstić information content (AvgIpc) is 2.70. The summed E-state index contributed by atoms with van der Waals surface area (Å²) in [5.74, 6) is 6.14. The first kappa shape index (κ1) is 10.8. The molecule has 1 aromatic carbocycles. The van der Waals surface area contributed by atoms with Crippen LogP contribution in [0.3, 0.4) is 0 Å². The molecule has 0 fully saturated rings. The molecule has 2 heteroatoms. The highest BCUT2D eigenvalue weighted by Gasteiger charge is 2.23. The maximum absolute atomic E-state index is 11.6. The SMILES string of the molecule is CC#CCC(=O)CC1CNc2ccccc21. The van der Waals surface area contributed by atoms with E-state index in [0.29, 0.717) is 18.8 Å². The van der Waals surface area contributed by atoms with E-state index in [4.69, 9.17) is 0 Å². The third-order valence-electron chi connectivity index (χ3n) is 2.88. The van der Waals surface area contributed by atoms with Gasteiger partial charge in [0, 0.05) is 24.6 Å². The van der Waals surface area contributed by atoms with Crippen LogP contribution in [0, 0.1) is 11.8 Å².